The van der Waals surface area contributed by atoms with E-state index < -0.39 is 10.0 Å². The normalized spacial score (nSPS) is 17.9. The summed E-state index contributed by atoms with van der Waals surface area (Å²) in [5.41, 5.74) is 0.466. The summed E-state index contributed by atoms with van der Waals surface area (Å²) in [6.45, 7) is 4.53. The van der Waals surface area contributed by atoms with Crippen LogP contribution in [0.2, 0.25) is 0 Å². The molecule has 0 saturated carbocycles. The zero-order chi connectivity index (χ0) is 20.7. The standard InChI is InChI=1S/C19H27N5O3S2/c1-2-16-11-6-7-13-24(16)14-8-12-20-29(26,27)19-23-22-18(28-19)21-17(25)15-9-4-3-5-10-15/h3-5,9-10,16,20H,2,6-8,11-14H2,1H3,(H,21,22,25)/t16-/m1/s1. The van der Waals surface area contributed by atoms with Gasteiger partial charge in [-0.3, -0.25) is 10.1 Å². The molecule has 158 valence electrons. The number of carbonyl (C=O) groups excluding carboxylic acids is 1. The molecule has 1 amide bonds. The number of rotatable bonds is 9. The third kappa shape index (κ3) is 6.05. The van der Waals surface area contributed by atoms with Crippen molar-refractivity contribution in [3.63, 3.8) is 0 Å². The molecule has 1 aromatic carbocycles. The Labute approximate surface area is 175 Å². The Bertz CT molecular complexity index is 902. The van der Waals surface area contributed by atoms with Gasteiger partial charge in [-0.15, -0.1) is 10.2 Å². The Hall–Kier alpha value is -1.88. The molecule has 1 aliphatic heterocycles. The van der Waals surface area contributed by atoms with Crippen molar-refractivity contribution in [1.82, 2.24) is 19.8 Å². The highest BCUT2D eigenvalue weighted by Crippen LogP contribution is 2.21. The lowest BCUT2D eigenvalue weighted by Crippen LogP contribution is -2.40. The average Bonchev–Trinajstić information content (AvgIpc) is 3.21. The first-order valence-electron chi connectivity index (χ1n) is 9.93. The van der Waals surface area contributed by atoms with Gasteiger partial charge in [-0.1, -0.05) is 42.9 Å². The van der Waals surface area contributed by atoms with Gasteiger partial charge >= 0.3 is 0 Å². The summed E-state index contributed by atoms with van der Waals surface area (Å²) in [5.74, 6) is -0.356. The number of aromatic nitrogens is 2. The zero-order valence-electron chi connectivity index (χ0n) is 16.5. The molecule has 10 heteroatoms. The third-order valence-electron chi connectivity index (χ3n) is 5.03. The third-order valence-corrected chi connectivity index (χ3v) is 7.69. The molecular weight excluding hydrogens is 410 g/mol. The quantitative estimate of drug-likeness (QED) is 0.462. The second kappa shape index (κ2) is 10.2. The van der Waals surface area contributed by atoms with Crippen molar-refractivity contribution >= 4 is 32.4 Å². The summed E-state index contributed by atoms with van der Waals surface area (Å²) in [4.78, 5) is 14.6. The van der Waals surface area contributed by atoms with E-state index in [1.807, 2.05) is 6.07 Å². The number of nitrogens with one attached hydrogen (secondary N) is 2. The van der Waals surface area contributed by atoms with Crippen LogP contribution in [-0.4, -0.2) is 55.1 Å². The Balaban J connectivity index is 1.49. The maximum absolute atomic E-state index is 12.4. The predicted octanol–water partition coefficient (Wildman–Crippen LogP) is 2.72. The summed E-state index contributed by atoms with van der Waals surface area (Å²) >= 11 is 0.838. The van der Waals surface area contributed by atoms with Crippen LogP contribution in [0, 0.1) is 0 Å². The van der Waals surface area contributed by atoms with Crippen molar-refractivity contribution in [1.29, 1.82) is 0 Å². The molecule has 0 aliphatic carbocycles. The van der Waals surface area contributed by atoms with E-state index in [9.17, 15) is 13.2 Å². The molecule has 0 unspecified atom stereocenters. The molecule has 3 rings (SSSR count). The first kappa shape index (κ1) is 21.8. The fourth-order valence-corrected chi connectivity index (χ4v) is 5.50. The van der Waals surface area contributed by atoms with Gasteiger partial charge < -0.3 is 4.90 Å². The lowest BCUT2D eigenvalue weighted by Gasteiger charge is -2.35. The molecule has 0 bridgehead atoms. The Morgan fingerprint density at radius 1 is 1.24 bits per heavy atom. The van der Waals surface area contributed by atoms with Crippen LogP contribution in [0.25, 0.3) is 0 Å². The first-order chi connectivity index (χ1) is 14.0. The number of sulfonamides is 1. The van der Waals surface area contributed by atoms with E-state index >= 15 is 0 Å². The molecule has 29 heavy (non-hydrogen) atoms. The van der Waals surface area contributed by atoms with Crippen LogP contribution < -0.4 is 10.0 Å². The first-order valence-corrected chi connectivity index (χ1v) is 12.2. The lowest BCUT2D eigenvalue weighted by atomic mass is 10.00. The van der Waals surface area contributed by atoms with Gasteiger partial charge in [-0.05, 0) is 50.9 Å². The van der Waals surface area contributed by atoms with E-state index in [1.165, 1.54) is 19.3 Å². The maximum atomic E-state index is 12.4. The van der Waals surface area contributed by atoms with Crippen molar-refractivity contribution in [3.05, 3.63) is 35.9 Å². The van der Waals surface area contributed by atoms with E-state index in [2.05, 4.69) is 32.1 Å². The van der Waals surface area contributed by atoms with Crippen molar-refractivity contribution in [2.24, 2.45) is 0 Å². The van der Waals surface area contributed by atoms with Gasteiger partial charge in [-0.2, -0.15) is 0 Å². The molecule has 2 aromatic rings. The molecule has 1 saturated heterocycles. The fraction of sp³-hybridized carbons (Fsp3) is 0.526. The van der Waals surface area contributed by atoms with Gasteiger partial charge in [-0.25, -0.2) is 13.1 Å². The van der Waals surface area contributed by atoms with Gasteiger partial charge in [0.05, 0.1) is 0 Å². The number of piperidine rings is 1. The molecule has 1 aromatic heterocycles. The van der Waals surface area contributed by atoms with Crippen molar-refractivity contribution in [3.8, 4) is 0 Å². The van der Waals surface area contributed by atoms with Gasteiger partial charge in [0.2, 0.25) is 9.47 Å². The Morgan fingerprint density at radius 3 is 2.79 bits per heavy atom. The zero-order valence-corrected chi connectivity index (χ0v) is 18.1. The second-order valence-corrected chi connectivity index (χ2v) is 9.96. The minimum Gasteiger partial charge on any atom is -0.300 e. The number of anilines is 1. The number of carbonyl (C=O) groups is 1. The Morgan fingerprint density at radius 2 is 2.03 bits per heavy atom. The van der Waals surface area contributed by atoms with Gasteiger partial charge in [0.1, 0.15) is 0 Å². The monoisotopic (exact) mass is 437 g/mol. The minimum absolute atomic E-state index is 0.148. The van der Waals surface area contributed by atoms with Crippen molar-refractivity contribution in [2.45, 2.75) is 49.4 Å². The van der Waals surface area contributed by atoms with E-state index in [1.54, 1.807) is 24.3 Å². The molecule has 1 aliphatic rings. The van der Waals surface area contributed by atoms with E-state index in [-0.39, 0.29) is 15.4 Å². The van der Waals surface area contributed by atoms with Crippen LogP contribution in [0.5, 0.6) is 0 Å². The second-order valence-electron chi connectivity index (χ2n) is 7.04. The molecule has 0 spiro atoms. The van der Waals surface area contributed by atoms with Crippen LogP contribution >= 0.6 is 11.3 Å². The highest BCUT2D eigenvalue weighted by molar-refractivity contribution is 7.91. The smallest absolute Gasteiger partial charge is 0.269 e. The number of amides is 1. The van der Waals surface area contributed by atoms with Gasteiger partial charge in [0.25, 0.3) is 15.9 Å². The molecule has 8 nitrogen and oxygen atoms in total. The molecule has 1 fully saturated rings. The largest absolute Gasteiger partial charge is 0.300 e. The van der Waals surface area contributed by atoms with E-state index in [4.69, 9.17) is 0 Å². The minimum atomic E-state index is -3.74. The van der Waals surface area contributed by atoms with E-state index in [0.717, 1.165) is 37.3 Å². The van der Waals surface area contributed by atoms with Crippen molar-refractivity contribution in [2.75, 3.05) is 25.0 Å². The fourth-order valence-electron chi connectivity index (χ4n) is 3.49. The van der Waals surface area contributed by atoms with Gasteiger partial charge in [0, 0.05) is 18.2 Å². The lowest BCUT2D eigenvalue weighted by molar-refractivity contribution is 0.102. The average molecular weight is 438 g/mol. The molecule has 2 heterocycles. The van der Waals surface area contributed by atoms with E-state index in [0.29, 0.717) is 18.2 Å². The molecule has 0 radical (unpaired) electrons. The van der Waals surface area contributed by atoms with Crippen LogP contribution in [-0.2, 0) is 10.0 Å². The summed E-state index contributed by atoms with van der Waals surface area (Å²) in [7, 11) is -3.74. The van der Waals surface area contributed by atoms with Crippen LogP contribution in [0.4, 0.5) is 5.13 Å². The Kier molecular flexibility index (Phi) is 7.70. The van der Waals surface area contributed by atoms with Crippen LogP contribution in [0.3, 0.4) is 0 Å². The molecule has 2 N–H and O–H groups in total. The van der Waals surface area contributed by atoms with Crippen LogP contribution in [0.15, 0.2) is 34.7 Å². The van der Waals surface area contributed by atoms with Crippen molar-refractivity contribution < 1.29 is 13.2 Å². The number of likely N-dealkylation sites (tertiary alicyclic amines) is 1. The number of nitrogens with zero attached hydrogens (tertiary/aromatic N) is 3. The summed E-state index contributed by atoms with van der Waals surface area (Å²) in [6, 6.07) is 9.26. The predicted molar refractivity (Wildman–Crippen MR) is 114 cm³/mol. The maximum Gasteiger partial charge on any atom is 0.269 e. The molecular formula is C19H27N5O3S2. The van der Waals surface area contributed by atoms with Gasteiger partial charge in [0.15, 0.2) is 0 Å². The summed E-state index contributed by atoms with van der Waals surface area (Å²) in [5, 5.41) is 10.2. The van der Waals surface area contributed by atoms with Crippen LogP contribution in [0.1, 0.15) is 49.4 Å². The highest BCUT2D eigenvalue weighted by Gasteiger charge is 2.22. The molecule has 1 atom stereocenters. The summed E-state index contributed by atoms with van der Waals surface area (Å²) in [6.07, 6.45) is 5.59. The number of hydrogen-bond donors (Lipinski definition) is 2. The summed E-state index contributed by atoms with van der Waals surface area (Å²) < 4.78 is 27.3. The SMILES string of the molecule is CC[C@@H]1CCCCN1CCCNS(=O)(=O)c1nnc(NC(=O)c2ccccc2)s1. The highest BCUT2D eigenvalue weighted by atomic mass is 32.2. The number of hydrogen-bond acceptors (Lipinski definition) is 7. The topological polar surface area (TPSA) is 104 Å². The number of benzene rings is 1.